The predicted molar refractivity (Wildman–Crippen MR) is 77.6 cm³/mol. The Morgan fingerprint density at radius 3 is 2.61 bits per heavy atom. The lowest BCUT2D eigenvalue weighted by Crippen LogP contribution is -2.51. The molecule has 2 heterocycles. The molecule has 1 atom stereocenters. The van der Waals surface area contributed by atoms with Crippen molar-refractivity contribution in [2.24, 2.45) is 0 Å². The third kappa shape index (κ3) is 2.65. The second-order valence-corrected chi connectivity index (χ2v) is 9.25. The number of likely N-dealkylation sites (N-methyl/N-ethyl adjacent to an activating group) is 1. The zero-order chi connectivity index (χ0) is 13.5. The highest BCUT2D eigenvalue weighted by Crippen LogP contribution is 2.32. The Bertz CT molecular complexity index is 522. The number of piperazine rings is 1. The fourth-order valence-corrected chi connectivity index (χ4v) is 5.81. The molecule has 4 nitrogen and oxygen atoms in total. The number of thiophene rings is 1. The first-order valence-electron chi connectivity index (χ1n) is 5.78. The van der Waals surface area contributed by atoms with E-state index in [2.05, 4.69) is 27.8 Å². The lowest BCUT2D eigenvalue weighted by Gasteiger charge is -2.36. The van der Waals surface area contributed by atoms with Crippen LogP contribution in [0.5, 0.6) is 0 Å². The number of hydrogen-bond donors (Lipinski definition) is 0. The van der Waals surface area contributed by atoms with E-state index in [4.69, 9.17) is 0 Å². The average molecular weight is 353 g/mol. The molecule has 0 N–H and O–H groups in total. The molecule has 0 radical (unpaired) electrons. The van der Waals surface area contributed by atoms with Crippen molar-refractivity contribution in [2.75, 3.05) is 26.7 Å². The summed E-state index contributed by atoms with van der Waals surface area (Å²) in [6.45, 7) is 5.88. The molecule has 1 saturated heterocycles. The van der Waals surface area contributed by atoms with Crippen LogP contribution in [0.25, 0.3) is 0 Å². The summed E-state index contributed by atoms with van der Waals surface area (Å²) in [7, 11) is -1.30. The monoisotopic (exact) mass is 352 g/mol. The van der Waals surface area contributed by atoms with Gasteiger partial charge in [0.15, 0.2) is 0 Å². The summed E-state index contributed by atoms with van der Waals surface area (Å²) >= 11 is 4.67. The first kappa shape index (κ1) is 14.5. The Kier molecular flexibility index (Phi) is 4.18. The number of aryl methyl sites for hydroxylation is 1. The van der Waals surface area contributed by atoms with E-state index in [0.29, 0.717) is 17.3 Å². The Morgan fingerprint density at radius 2 is 2.11 bits per heavy atom. The highest BCUT2D eigenvalue weighted by molar-refractivity contribution is 9.11. The van der Waals surface area contributed by atoms with Crippen molar-refractivity contribution in [1.29, 1.82) is 0 Å². The molecule has 1 aliphatic heterocycles. The Balaban J connectivity index is 2.26. The lowest BCUT2D eigenvalue weighted by molar-refractivity contribution is 0.160. The molecule has 0 saturated carbocycles. The number of sulfonamides is 1. The van der Waals surface area contributed by atoms with Gasteiger partial charge in [0.25, 0.3) is 10.0 Å². The van der Waals surface area contributed by atoms with Gasteiger partial charge in [-0.2, -0.15) is 4.31 Å². The predicted octanol–water partition coefficient (Wildman–Crippen LogP) is 2.14. The van der Waals surface area contributed by atoms with Crippen LogP contribution in [0.15, 0.2) is 14.1 Å². The van der Waals surface area contributed by atoms with Crippen molar-refractivity contribution < 1.29 is 8.42 Å². The van der Waals surface area contributed by atoms with E-state index in [-0.39, 0.29) is 6.04 Å². The maximum atomic E-state index is 12.5. The maximum Gasteiger partial charge on any atom is 0.252 e. The van der Waals surface area contributed by atoms with E-state index in [9.17, 15) is 8.42 Å². The van der Waals surface area contributed by atoms with Crippen LogP contribution in [0.2, 0.25) is 0 Å². The van der Waals surface area contributed by atoms with Crippen LogP contribution in [0.3, 0.4) is 0 Å². The molecule has 0 aliphatic carbocycles. The Morgan fingerprint density at radius 1 is 1.44 bits per heavy atom. The number of hydrogen-bond acceptors (Lipinski definition) is 4. The largest absolute Gasteiger partial charge is 0.301 e. The van der Waals surface area contributed by atoms with Gasteiger partial charge in [-0.05, 0) is 48.5 Å². The molecule has 1 fully saturated rings. The Labute approximate surface area is 121 Å². The van der Waals surface area contributed by atoms with Crippen molar-refractivity contribution in [2.45, 2.75) is 24.1 Å². The number of rotatable bonds is 2. The van der Waals surface area contributed by atoms with E-state index in [1.165, 1.54) is 11.3 Å². The molecule has 0 aromatic carbocycles. The molecule has 102 valence electrons. The molecule has 2 rings (SSSR count). The van der Waals surface area contributed by atoms with Crippen LogP contribution < -0.4 is 0 Å². The van der Waals surface area contributed by atoms with Crippen molar-refractivity contribution in [3.63, 3.8) is 0 Å². The quantitative estimate of drug-likeness (QED) is 0.818. The Hall–Kier alpha value is 0.0500. The van der Waals surface area contributed by atoms with Crippen LogP contribution in [-0.4, -0.2) is 50.3 Å². The molecule has 1 aromatic rings. The van der Waals surface area contributed by atoms with E-state index < -0.39 is 10.0 Å². The SMILES string of the molecule is Cc1cc(S(=O)(=O)N2CCN(C)C(C)C2)sc1Br. The van der Waals surface area contributed by atoms with Gasteiger partial charge >= 0.3 is 0 Å². The third-order valence-corrected chi connectivity index (χ3v) is 7.80. The third-order valence-electron chi connectivity index (χ3n) is 3.35. The molecule has 0 bridgehead atoms. The van der Waals surface area contributed by atoms with Gasteiger partial charge in [-0.3, -0.25) is 0 Å². The summed E-state index contributed by atoms with van der Waals surface area (Å²) in [5.74, 6) is 0. The fraction of sp³-hybridized carbons (Fsp3) is 0.636. The lowest BCUT2D eigenvalue weighted by atomic mass is 10.2. The van der Waals surface area contributed by atoms with E-state index in [0.717, 1.165) is 15.9 Å². The topological polar surface area (TPSA) is 40.6 Å². The van der Waals surface area contributed by atoms with Gasteiger partial charge in [-0.15, -0.1) is 11.3 Å². The smallest absolute Gasteiger partial charge is 0.252 e. The second kappa shape index (κ2) is 5.20. The molecular formula is C11H17BrN2O2S2. The van der Waals surface area contributed by atoms with Crippen LogP contribution in [0.1, 0.15) is 12.5 Å². The zero-order valence-corrected chi connectivity index (χ0v) is 13.9. The number of halogens is 1. The highest BCUT2D eigenvalue weighted by Gasteiger charge is 2.32. The second-order valence-electron chi connectivity index (χ2n) is 4.71. The normalized spacial score (nSPS) is 23.4. The van der Waals surface area contributed by atoms with Crippen molar-refractivity contribution in [3.8, 4) is 0 Å². The van der Waals surface area contributed by atoms with Crippen LogP contribution in [-0.2, 0) is 10.0 Å². The molecule has 1 aromatic heterocycles. The van der Waals surface area contributed by atoms with Gasteiger partial charge in [0.05, 0.1) is 3.79 Å². The van der Waals surface area contributed by atoms with Crippen molar-refractivity contribution >= 4 is 37.3 Å². The summed E-state index contributed by atoms with van der Waals surface area (Å²) in [6.07, 6.45) is 0. The molecule has 18 heavy (non-hydrogen) atoms. The van der Waals surface area contributed by atoms with Gasteiger partial charge in [0, 0.05) is 25.7 Å². The summed E-state index contributed by atoms with van der Waals surface area (Å²) in [4.78, 5) is 2.18. The van der Waals surface area contributed by atoms with Crippen LogP contribution in [0.4, 0.5) is 0 Å². The van der Waals surface area contributed by atoms with E-state index >= 15 is 0 Å². The molecule has 7 heteroatoms. The first-order chi connectivity index (χ1) is 8.32. The standard InChI is InChI=1S/C11H17BrN2O2S2/c1-8-6-10(17-11(8)12)18(15,16)14-5-4-13(3)9(2)7-14/h6,9H,4-5,7H2,1-3H3. The minimum atomic E-state index is -3.32. The van der Waals surface area contributed by atoms with Crippen molar-refractivity contribution in [3.05, 3.63) is 15.4 Å². The summed E-state index contributed by atoms with van der Waals surface area (Å²) in [5.41, 5.74) is 0.973. The molecule has 0 amide bonds. The van der Waals surface area contributed by atoms with Gasteiger partial charge in [0.2, 0.25) is 0 Å². The summed E-state index contributed by atoms with van der Waals surface area (Å²) < 4.78 is 27.9. The van der Waals surface area contributed by atoms with Gasteiger partial charge in [-0.25, -0.2) is 8.42 Å². The van der Waals surface area contributed by atoms with Crippen LogP contribution in [0, 0.1) is 6.92 Å². The van der Waals surface area contributed by atoms with Crippen molar-refractivity contribution in [1.82, 2.24) is 9.21 Å². The highest BCUT2D eigenvalue weighted by atomic mass is 79.9. The minimum Gasteiger partial charge on any atom is -0.301 e. The van der Waals surface area contributed by atoms with E-state index in [1.54, 1.807) is 10.4 Å². The van der Waals surface area contributed by atoms with Gasteiger partial charge < -0.3 is 4.90 Å². The molecule has 0 spiro atoms. The summed E-state index contributed by atoms with van der Waals surface area (Å²) in [5, 5.41) is 0. The van der Waals surface area contributed by atoms with Gasteiger partial charge in [0.1, 0.15) is 4.21 Å². The van der Waals surface area contributed by atoms with Gasteiger partial charge in [-0.1, -0.05) is 0 Å². The summed E-state index contributed by atoms with van der Waals surface area (Å²) in [6, 6.07) is 2.01. The van der Waals surface area contributed by atoms with Crippen LogP contribution >= 0.6 is 27.3 Å². The zero-order valence-electron chi connectivity index (χ0n) is 10.7. The fourth-order valence-electron chi connectivity index (χ4n) is 1.92. The van der Waals surface area contributed by atoms with E-state index in [1.807, 2.05) is 14.0 Å². The molecular weight excluding hydrogens is 336 g/mol. The number of nitrogens with zero attached hydrogens (tertiary/aromatic N) is 2. The minimum absolute atomic E-state index is 0.262. The molecule has 1 aliphatic rings. The first-order valence-corrected chi connectivity index (χ1v) is 8.83. The molecule has 1 unspecified atom stereocenters. The average Bonchev–Trinajstić information content (AvgIpc) is 2.64. The maximum absolute atomic E-state index is 12.5.